The number of ketones is 1. The lowest BCUT2D eigenvalue weighted by atomic mass is 9.76. The molecule has 6 heteroatoms. The predicted molar refractivity (Wildman–Crippen MR) is 162 cm³/mol. The minimum atomic E-state index is -1.21. The number of aryl methyl sites for hydroxylation is 1. The molecule has 1 unspecified atom stereocenters. The van der Waals surface area contributed by atoms with Crippen LogP contribution in [0.15, 0.2) is 101 Å². The van der Waals surface area contributed by atoms with E-state index in [0.29, 0.717) is 40.7 Å². The van der Waals surface area contributed by atoms with Crippen LogP contribution < -0.4 is 10.5 Å². The number of carbonyl (C=O) groups is 1. The second-order valence-corrected chi connectivity index (χ2v) is 11.1. The van der Waals surface area contributed by atoms with Crippen LogP contribution in [0, 0.1) is 12.8 Å². The Morgan fingerprint density at radius 3 is 2.65 bits per heavy atom. The molecule has 0 spiro atoms. The Morgan fingerprint density at radius 2 is 1.90 bits per heavy atom. The number of nitrogens with zero attached hydrogens (tertiary/aromatic N) is 2. The van der Waals surface area contributed by atoms with Gasteiger partial charge in [-0.05, 0) is 94.5 Å². The summed E-state index contributed by atoms with van der Waals surface area (Å²) in [6, 6.07) is 19.9. The van der Waals surface area contributed by atoms with Crippen LogP contribution in [0.25, 0.3) is 5.57 Å². The van der Waals surface area contributed by atoms with Gasteiger partial charge in [-0.1, -0.05) is 67.2 Å². The van der Waals surface area contributed by atoms with E-state index in [-0.39, 0.29) is 11.7 Å². The number of ether oxygens (including phenoxy) is 1. The number of allylic oxidation sites excluding steroid dienone is 2. The lowest BCUT2D eigenvalue weighted by Gasteiger charge is -2.32. The van der Waals surface area contributed by atoms with Crippen LogP contribution in [0.2, 0.25) is 5.02 Å². The van der Waals surface area contributed by atoms with E-state index in [1.807, 2.05) is 43.3 Å². The van der Waals surface area contributed by atoms with E-state index in [1.165, 1.54) is 0 Å². The molecule has 0 amide bonds. The lowest BCUT2D eigenvalue weighted by molar-refractivity contribution is -0.111. The second kappa shape index (κ2) is 10.2. The largest absolute Gasteiger partial charge is 0.492 e. The van der Waals surface area contributed by atoms with E-state index in [0.717, 1.165) is 51.8 Å². The maximum atomic E-state index is 13.4. The molecule has 1 aliphatic carbocycles. The maximum Gasteiger partial charge on any atom is 0.182 e. The van der Waals surface area contributed by atoms with Gasteiger partial charge in [0.25, 0.3) is 0 Å². The Morgan fingerprint density at radius 1 is 1.12 bits per heavy atom. The molecule has 2 aliphatic heterocycles. The van der Waals surface area contributed by atoms with Gasteiger partial charge in [0.2, 0.25) is 0 Å². The summed E-state index contributed by atoms with van der Waals surface area (Å²) in [6.07, 6.45) is 6.04. The molecule has 1 fully saturated rings. The number of fused-ring (bicyclic) bond motifs is 6. The van der Waals surface area contributed by atoms with Crippen molar-refractivity contribution in [1.29, 1.82) is 0 Å². The molecule has 200 valence electrons. The van der Waals surface area contributed by atoms with Crippen LogP contribution in [0.5, 0.6) is 5.75 Å². The van der Waals surface area contributed by atoms with Crippen LogP contribution in [-0.2, 0) is 16.8 Å². The standard InChI is InChI=1S/C34H30ClN3O2/c1-20-7-10-26-16-28(20)29(18-31(39)22(3)24-8-9-24)25-6-4-5-23(15-25)13-14-40-32-17-27(11-12-30(32)35)34(26,36)33-21(2)19-37-38-33/h4-7,10-12,15-19,24H,2-3,8-9,13-14,36H2,1H3/b29-18-. The van der Waals surface area contributed by atoms with E-state index in [1.54, 1.807) is 18.4 Å². The Bertz CT molecular complexity index is 1680. The molecule has 0 radical (unpaired) electrons. The zero-order chi connectivity index (χ0) is 28.0. The molecule has 3 aromatic rings. The molecule has 3 aromatic carbocycles. The topological polar surface area (TPSA) is 77.0 Å². The van der Waals surface area contributed by atoms with Gasteiger partial charge in [0.15, 0.2) is 5.78 Å². The van der Waals surface area contributed by atoms with E-state index in [9.17, 15) is 4.79 Å². The molecule has 6 rings (SSSR count). The number of halogens is 1. The molecule has 0 saturated heterocycles. The van der Waals surface area contributed by atoms with Crippen molar-refractivity contribution >= 4 is 34.9 Å². The summed E-state index contributed by atoms with van der Waals surface area (Å²) in [6.45, 7) is 10.7. The smallest absolute Gasteiger partial charge is 0.182 e. The number of rotatable bonds is 4. The molecule has 40 heavy (non-hydrogen) atoms. The van der Waals surface area contributed by atoms with Crippen molar-refractivity contribution in [3.63, 3.8) is 0 Å². The third kappa shape index (κ3) is 4.66. The van der Waals surface area contributed by atoms with Crippen molar-refractivity contribution in [2.75, 3.05) is 6.61 Å². The first kappa shape index (κ1) is 26.2. The van der Waals surface area contributed by atoms with Crippen molar-refractivity contribution in [2.45, 2.75) is 31.7 Å². The summed E-state index contributed by atoms with van der Waals surface area (Å²) in [4.78, 5) is 13.4. The van der Waals surface area contributed by atoms with Gasteiger partial charge < -0.3 is 10.5 Å². The van der Waals surface area contributed by atoms with Crippen LogP contribution in [0.4, 0.5) is 0 Å². The average molecular weight is 548 g/mol. The zero-order valence-corrected chi connectivity index (χ0v) is 23.2. The van der Waals surface area contributed by atoms with Gasteiger partial charge in [-0.15, -0.1) is 0 Å². The summed E-state index contributed by atoms with van der Waals surface area (Å²) in [7, 11) is 0. The van der Waals surface area contributed by atoms with Crippen molar-refractivity contribution in [3.8, 4) is 5.75 Å². The Hall–Kier alpha value is -4.06. The minimum absolute atomic E-state index is 0.0412. The number of benzene rings is 3. The lowest BCUT2D eigenvalue weighted by Crippen LogP contribution is -2.46. The van der Waals surface area contributed by atoms with Gasteiger partial charge in [0.1, 0.15) is 17.0 Å². The van der Waals surface area contributed by atoms with E-state index in [4.69, 9.17) is 22.1 Å². The highest BCUT2D eigenvalue weighted by Gasteiger charge is 2.39. The first-order chi connectivity index (χ1) is 19.3. The molecule has 2 N–H and O–H groups in total. The number of carbonyl (C=O) groups excluding carboxylic acids is 1. The van der Waals surface area contributed by atoms with Crippen molar-refractivity contribution in [2.24, 2.45) is 21.9 Å². The zero-order valence-electron chi connectivity index (χ0n) is 22.4. The highest BCUT2D eigenvalue weighted by molar-refractivity contribution is 6.32. The van der Waals surface area contributed by atoms with Crippen molar-refractivity contribution in [1.82, 2.24) is 0 Å². The van der Waals surface area contributed by atoms with Gasteiger partial charge in [-0.25, -0.2) is 0 Å². The fourth-order valence-electron chi connectivity index (χ4n) is 5.42. The molecule has 0 aromatic heterocycles. The van der Waals surface area contributed by atoms with E-state index < -0.39 is 5.54 Å². The summed E-state index contributed by atoms with van der Waals surface area (Å²) < 4.78 is 6.17. The fraction of sp³-hybridized carbons (Fsp3) is 0.206. The van der Waals surface area contributed by atoms with Crippen LogP contribution >= 0.6 is 11.6 Å². The molecule has 5 nitrogen and oxygen atoms in total. The van der Waals surface area contributed by atoms with Crippen LogP contribution in [0.3, 0.4) is 0 Å². The highest BCUT2D eigenvalue weighted by Crippen LogP contribution is 2.40. The van der Waals surface area contributed by atoms with E-state index >= 15 is 0 Å². The van der Waals surface area contributed by atoms with Crippen molar-refractivity contribution < 1.29 is 9.53 Å². The first-order valence-corrected chi connectivity index (χ1v) is 13.8. The summed E-state index contributed by atoms with van der Waals surface area (Å²) in [5.74, 6) is 0.783. The highest BCUT2D eigenvalue weighted by atomic mass is 35.5. The third-order valence-electron chi connectivity index (χ3n) is 7.97. The molecule has 6 bridgehead atoms. The molecular weight excluding hydrogens is 518 g/mol. The summed E-state index contributed by atoms with van der Waals surface area (Å²) in [5.41, 5.74) is 14.3. The van der Waals surface area contributed by atoms with Gasteiger partial charge in [0.05, 0.1) is 17.8 Å². The molecule has 2 heterocycles. The molecule has 3 aliphatic rings. The average Bonchev–Trinajstić information content (AvgIpc) is 3.71. The first-order valence-electron chi connectivity index (χ1n) is 13.4. The van der Waals surface area contributed by atoms with Gasteiger partial charge in [0, 0.05) is 12.0 Å². The predicted octanol–water partition coefficient (Wildman–Crippen LogP) is 6.75. The molecular formula is C34H30ClN3O2. The fourth-order valence-corrected chi connectivity index (χ4v) is 5.59. The Kier molecular flexibility index (Phi) is 6.65. The Labute approximate surface area is 239 Å². The summed E-state index contributed by atoms with van der Waals surface area (Å²) in [5, 5.41) is 9.02. The minimum Gasteiger partial charge on any atom is -0.492 e. The summed E-state index contributed by atoms with van der Waals surface area (Å²) >= 11 is 6.55. The number of hydrogen-bond acceptors (Lipinski definition) is 5. The SMILES string of the molecule is C=C1C=NN=C1C1(N)c2ccc(Cl)c(c2)OCCc2cccc(c2)/C(=C/C(=O)C(=C)C2CC2)c2cc1ccc2C. The quantitative estimate of drug-likeness (QED) is 0.367. The maximum absolute atomic E-state index is 13.4. The molecule has 1 saturated carbocycles. The monoisotopic (exact) mass is 547 g/mol. The number of nitrogens with two attached hydrogens (primary N) is 1. The van der Waals surface area contributed by atoms with Gasteiger partial charge in [-0.2, -0.15) is 10.2 Å². The van der Waals surface area contributed by atoms with Crippen molar-refractivity contribution in [3.05, 3.63) is 129 Å². The Balaban J connectivity index is 1.62. The normalized spacial score (nSPS) is 21.0. The second-order valence-electron chi connectivity index (χ2n) is 10.7. The molecule has 1 atom stereocenters. The third-order valence-corrected chi connectivity index (χ3v) is 8.28. The van der Waals surface area contributed by atoms with Gasteiger partial charge >= 0.3 is 0 Å². The van der Waals surface area contributed by atoms with Crippen LogP contribution in [0.1, 0.15) is 46.2 Å². The van der Waals surface area contributed by atoms with E-state index in [2.05, 4.69) is 41.6 Å². The van der Waals surface area contributed by atoms with Crippen LogP contribution in [-0.4, -0.2) is 24.3 Å². The number of hydrogen-bond donors (Lipinski definition) is 1. The van der Waals surface area contributed by atoms with Gasteiger partial charge in [-0.3, -0.25) is 4.79 Å².